The molecule has 0 amide bonds. The minimum atomic E-state index is -1.70. The maximum Gasteiger partial charge on any atom is 0.248 e. The van der Waals surface area contributed by atoms with Crippen molar-refractivity contribution in [2.24, 2.45) is 17.0 Å². The summed E-state index contributed by atoms with van der Waals surface area (Å²) in [5, 5.41) is 5.19. The van der Waals surface area contributed by atoms with Crippen molar-refractivity contribution in [1.82, 2.24) is 14.7 Å². The van der Waals surface area contributed by atoms with E-state index < -0.39 is 3.79 Å². The molecule has 0 bridgehead atoms. The predicted molar refractivity (Wildman–Crippen MR) is 109 cm³/mol. The van der Waals surface area contributed by atoms with Crippen LogP contribution in [0.4, 0.5) is 0 Å². The summed E-state index contributed by atoms with van der Waals surface area (Å²) in [6, 6.07) is 7.10. The van der Waals surface area contributed by atoms with Gasteiger partial charge in [0.05, 0.1) is 28.0 Å². The first-order chi connectivity index (χ1) is 12.1. The number of rotatable bonds is 3. The van der Waals surface area contributed by atoms with Crippen molar-refractivity contribution in [2.75, 3.05) is 6.67 Å². The molecule has 2 aromatic rings. The summed E-state index contributed by atoms with van der Waals surface area (Å²) in [6.45, 7) is 2.67. The van der Waals surface area contributed by atoms with Gasteiger partial charge in [-0.05, 0) is 31.2 Å². The van der Waals surface area contributed by atoms with Gasteiger partial charge in [0, 0.05) is 12.6 Å². The zero-order valence-electron chi connectivity index (χ0n) is 13.8. The Balaban J connectivity index is 1.93. The molecule has 1 aromatic carbocycles. The lowest BCUT2D eigenvalue weighted by molar-refractivity contribution is 0.401. The molecule has 0 aliphatic carbocycles. The molecule has 2 heterocycles. The highest BCUT2D eigenvalue weighted by molar-refractivity contribution is 6.76. The van der Waals surface area contributed by atoms with E-state index in [1.54, 1.807) is 27.8 Å². The van der Waals surface area contributed by atoms with Crippen molar-refractivity contribution in [3.63, 3.8) is 0 Å². The second-order valence-corrected chi connectivity index (χ2v) is 8.88. The Morgan fingerprint density at radius 1 is 1.12 bits per heavy atom. The molecular weight excluding hydrogens is 439 g/mol. The van der Waals surface area contributed by atoms with E-state index >= 15 is 0 Å². The predicted octanol–water partition coefficient (Wildman–Crippen LogP) is 5.02. The van der Waals surface area contributed by atoms with Gasteiger partial charge in [0.2, 0.25) is 3.79 Å². The largest absolute Gasteiger partial charge is 0.331 e. The zero-order chi connectivity index (χ0) is 19.1. The van der Waals surface area contributed by atoms with Crippen molar-refractivity contribution < 1.29 is 0 Å². The van der Waals surface area contributed by atoms with Gasteiger partial charge in [-0.1, -0.05) is 58.0 Å². The van der Waals surface area contributed by atoms with E-state index in [9.17, 15) is 0 Å². The Hall–Kier alpha value is -0.980. The highest BCUT2D eigenvalue weighted by Crippen LogP contribution is 2.32. The maximum atomic E-state index is 6.16. The molecular formula is C16H14Cl5N5. The van der Waals surface area contributed by atoms with Crippen LogP contribution in [0.5, 0.6) is 0 Å². The number of aryl methyl sites for hydroxylation is 2. The van der Waals surface area contributed by atoms with Crippen LogP contribution in [0.2, 0.25) is 10.0 Å². The lowest BCUT2D eigenvalue weighted by atomic mass is 10.2. The summed E-state index contributed by atoms with van der Waals surface area (Å²) in [5.41, 5.74) is 2.56. The van der Waals surface area contributed by atoms with Crippen molar-refractivity contribution in [3.05, 3.63) is 51.3 Å². The molecule has 10 heteroatoms. The number of aromatic nitrogens is 2. The molecule has 26 heavy (non-hydrogen) atoms. The third-order valence-electron chi connectivity index (χ3n) is 3.79. The monoisotopic (exact) mass is 451 g/mol. The van der Waals surface area contributed by atoms with Crippen molar-refractivity contribution in [1.29, 1.82) is 0 Å². The maximum absolute atomic E-state index is 6.16. The van der Waals surface area contributed by atoms with Crippen LogP contribution in [-0.2, 0) is 13.6 Å². The molecule has 0 radical (unpaired) electrons. The van der Waals surface area contributed by atoms with E-state index in [2.05, 4.69) is 15.1 Å². The summed E-state index contributed by atoms with van der Waals surface area (Å²) in [5.74, 6) is 0.722. The first-order valence-corrected chi connectivity index (χ1v) is 9.44. The molecule has 0 spiro atoms. The number of aliphatic imine (C=N–C) groups is 2. The summed E-state index contributed by atoms with van der Waals surface area (Å²) in [7, 11) is 1.86. The smallest absolute Gasteiger partial charge is 0.248 e. The van der Waals surface area contributed by atoms with Gasteiger partial charge < -0.3 is 4.90 Å². The summed E-state index contributed by atoms with van der Waals surface area (Å²) >= 11 is 30.5. The molecule has 1 aliphatic rings. The van der Waals surface area contributed by atoms with E-state index in [1.165, 1.54) is 0 Å². The van der Waals surface area contributed by atoms with Gasteiger partial charge in [0.1, 0.15) is 6.67 Å². The second kappa shape index (κ2) is 7.56. The Bertz CT molecular complexity index is 897. The Morgan fingerprint density at radius 2 is 1.85 bits per heavy atom. The van der Waals surface area contributed by atoms with Gasteiger partial charge in [-0.2, -0.15) is 5.10 Å². The van der Waals surface area contributed by atoms with Crippen LogP contribution >= 0.6 is 58.0 Å². The summed E-state index contributed by atoms with van der Waals surface area (Å²) in [4.78, 5) is 10.8. The summed E-state index contributed by atoms with van der Waals surface area (Å²) < 4.78 is 0.0780. The molecule has 0 N–H and O–H groups in total. The standard InChI is InChI=1S/C16H14Cl5N5/c1-9-5-11(25(2)24-9)7-26-8-22-14(23-15(26)16(19,20)21)10-3-4-12(17)13(18)6-10/h3-6H,7-8H2,1-2H3. The number of nitrogens with zero attached hydrogens (tertiary/aromatic N) is 5. The topological polar surface area (TPSA) is 45.8 Å². The van der Waals surface area contributed by atoms with Gasteiger partial charge in [-0.25, -0.2) is 9.98 Å². The lowest BCUT2D eigenvalue weighted by Crippen LogP contribution is -2.42. The average Bonchev–Trinajstić information content (AvgIpc) is 2.87. The number of alkyl halides is 3. The summed E-state index contributed by atoms with van der Waals surface area (Å²) in [6.07, 6.45) is 0. The molecule has 0 fully saturated rings. The Morgan fingerprint density at radius 3 is 2.42 bits per heavy atom. The van der Waals surface area contributed by atoms with E-state index in [-0.39, 0.29) is 12.5 Å². The number of benzene rings is 1. The molecule has 138 valence electrons. The fraction of sp³-hybridized carbons (Fsp3) is 0.312. The van der Waals surface area contributed by atoms with E-state index in [1.807, 2.05) is 20.0 Å². The highest BCUT2D eigenvalue weighted by atomic mass is 35.6. The molecule has 0 saturated heterocycles. The number of halogens is 5. The van der Waals surface area contributed by atoms with E-state index in [0.717, 1.165) is 11.4 Å². The molecule has 1 aliphatic heterocycles. The van der Waals surface area contributed by atoms with Gasteiger partial charge in [-0.15, -0.1) is 0 Å². The SMILES string of the molecule is Cc1cc(CN2CN=C(c3ccc(Cl)c(Cl)c3)N=C2C(Cl)(Cl)Cl)n(C)n1. The van der Waals surface area contributed by atoms with Crippen LogP contribution in [0.25, 0.3) is 0 Å². The Labute approximate surface area is 176 Å². The normalized spacial score (nSPS) is 15.1. The minimum absolute atomic E-state index is 0.284. The number of amidine groups is 2. The number of hydrogen-bond donors (Lipinski definition) is 0. The lowest BCUT2D eigenvalue weighted by Gasteiger charge is -2.31. The minimum Gasteiger partial charge on any atom is -0.331 e. The average molecular weight is 454 g/mol. The van der Waals surface area contributed by atoms with Crippen LogP contribution in [0.3, 0.4) is 0 Å². The highest BCUT2D eigenvalue weighted by Gasteiger charge is 2.35. The van der Waals surface area contributed by atoms with Gasteiger partial charge in [-0.3, -0.25) is 4.68 Å². The van der Waals surface area contributed by atoms with Crippen LogP contribution in [0.15, 0.2) is 34.3 Å². The molecule has 0 atom stereocenters. The molecule has 1 aromatic heterocycles. The molecule has 5 nitrogen and oxygen atoms in total. The Kier molecular flexibility index (Phi) is 5.75. The van der Waals surface area contributed by atoms with E-state index in [0.29, 0.717) is 28.0 Å². The van der Waals surface area contributed by atoms with Gasteiger partial charge in [0.25, 0.3) is 0 Å². The van der Waals surface area contributed by atoms with Crippen LogP contribution in [-0.4, -0.2) is 36.8 Å². The number of hydrogen-bond acceptors (Lipinski definition) is 4. The van der Waals surface area contributed by atoms with Gasteiger partial charge in [0.15, 0.2) is 11.7 Å². The molecule has 3 rings (SSSR count). The third kappa shape index (κ3) is 4.29. The quantitative estimate of drug-likeness (QED) is 0.613. The first kappa shape index (κ1) is 19.8. The van der Waals surface area contributed by atoms with Crippen LogP contribution in [0.1, 0.15) is 17.0 Å². The van der Waals surface area contributed by atoms with Crippen molar-refractivity contribution >= 4 is 69.7 Å². The first-order valence-electron chi connectivity index (χ1n) is 7.55. The van der Waals surface area contributed by atoms with E-state index in [4.69, 9.17) is 58.0 Å². The molecule has 0 unspecified atom stereocenters. The van der Waals surface area contributed by atoms with Crippen LogP contribution < -0.4 is 0 Å². The second-order valence-electron chi connectivity index (χ2n) is 5.78. The fourth-order valence-electron chi connectivity index (χ4n) is 2.59. The fourth-order valence-corrected chi connectivity index (χ4v) is 3.38. The van der Waals surface area contributed by atoms with Crippen molar-refractivity contribution in [3.8, 4) is 0 Å². The van der Waals surface area contributed by atoms with Gasteiger partial charge >= 0.3 is 0 Å². The van der Waals surface area contributed by atoms with Crippen LogP contribution in [0, 0.1) is 6.92 Å². The zero-order valence-corrected chi connectivity index (χ0v) is 17.6. The third-order valence-corrected chi connectivity index (χ3v) is 5.03. The molecule has 0 saturated carbocycles. The van der Waals surface area contributed by atoms with Crippen molar-refractivity contribution in [2.45, 2.75) is 17.3 Å².